The lowest BCUT2D eigenvalue weighted by Gasteiger charge is -2.42. The highest BCUT2D eigenvalue weighted by Gasteiger charge is 2.52. The second-order valence-electron chi connectivity index (χ2n) is 14.5. The standard InChI is InChI=1S/C50H30N6S2/c1-2-9-34(10-3-1)56-42-13-5-7-15-45(42)58-49-43(56)19-17-38-48(49)57-44-14-6-4-11-35(44)50(38)36-12-8-24-53-46(36)47-37(50)16-18-39(55-47)33-29-40(31-20-25-51-26-21-31)54-41(30-33)32-22-27-52-28-23-32/h1-30H. The molecule has 272 valence electrons. The molecule has 0 amide bonds. The quantitative estimate of drug-likeness (QED) is 0.175. The van der Waals surface area contributed by atoms with Gasteiger partial charge in [0.25, 0.3) is 0 Å². The summed E-state index contributed by atoms with van der Waals surface area (Å²) in [5, 5.41) is 0. The summed E-state index contributed by atoms with van der Waals surface area (Å²) in [7, 11) is 0. The number of fused-ring (bicyclic) bond motifs is 12. The number of rotatable bonds is 4. The molecular formula is C50H30N6S2. The van der Waals surface area contributed by atoms with E-state index in [0.717, 1.165) is 62.0 Å². The normalized spacial score (nSPS) is 15.5. The molecule has 6 nitrogen and oxygen atoms in total. The molecule has 5 aromatic heterocycles. The van der Waals surface area contributed by atoms with Gasteiger partial charge in [-0.1, -0.05) is 90.3 Å². The number of aromatic nitrogens is 5. The van der Waals surface area contributed by atoms with Crippen LogP contribution in [-0.2, 0) is 5.41 Å². The zero-order valence-electron chi connectivity index (χ0n) is 30.8. The van der Waals surface area contributed by atoms with Gasteiger partial charge in [0.1, 0.15) is 0 Å². The summed E-state index contributed by atoms with van der Waals surface area (Å²) in [6.07, 6.45) is 9.11. The first-order valence-electron chi connectivity index (χ1n) is 19.1. The predicted octanol–water partition coefficient (Wildman–Crippen LogP) is 12.4. The van der Waals surface area contributed by atoms with E-state index in [9.17, 15) is 0 Å². The molecule has 4 aromatic carbocycles. The van der Waals surface area contributed by atoms with Crippen molar-refractivity contribution >= 4 is 40.6 Å². The molecule has 9 aromatic rings. The van der Waals surface area contributed by atoms with Gasteiger partial charge in [0.2, 0.25) is 0 Å². The van der Waals surface area contributed by atoms with Crippen LogP contribution in [0.2, 0.25) is 0 Å². The van der Waals surface area contributed by atoms with Gasteiger partial charge in [-0.3, -0.25) is 15.0 Å². The summed E-state index contributed by atoms with van der Waals surface area (Å²) in [5.74, 6) is 0. The second kappa shape index (κ2) is 13.1. The SMILES string of the molecule is c1ccc(N2c3ccccc3Sc3c2ccc2c3Sc3ccccc3C23c2cccnc2-c2nc(-c4cc(-c5ccncc5)nc(-c5ccncc5)c4)ccc23)cc1. The summed E-state index contributed by atoms with van der Waals surface area (Å²) in [6.45, 7) is 0. The first-order valence-corrected chi connectivity index (χ1v) is 20.8. The smallest absolute Gasteiger partial charge is 0.0945 e. The number of nitrogens with zero attached hydrogens (tertiary/aromatic N) is 6. The summed E-state index contributed by atoms with van der Waals surface area (Å²) >= 11 is 3.74. The molecule has 8 heteroatoms. The van der Waals surface area contributed by atoms with E-state index < -0.39 is 5.41 Å². The highest BCUT2D eigenvalue weighted by atomic mass is 32.2. The Bertz CT molecular complexity index is 3030. The lowest BCUT2D eigenvalue weighted by Crippen LogP contribution is -2.32. The molecule has 1 atom stereocenters. The number of benzene rings is 4. The Morgan fingerprint density at radius 1 is 0.414 bits per heavy atom. The third-order valence-corrected chi connectivity index (χ3v) is 13.9. The fourth-order valence-corrected chi connectivity index (χ4v) is 11.5. The fraction of sp³-hybridized carbons (Fsp3) is 0.0200. The van der Waals surface area contributed by atoms with Crippen LogP contribution < -0.4 is 4.90 Å². The molecule has 0 bridgehead atoms. The first kappa shape index (κ1) is 33.3. The van der Waals surface area contributed by atoms with Crippen molar-refractivity contribution in [3.8, 4) is 45.2 Å². The van der Waals surface area contributed by atoms with Crippen LogP contribution in [0, 0.1) is 0 Å². The third kappa shape index (κ3) is 4.92. The molecule has 0 fully saturated rings. The average molecular weight is 779 g/mol. The number of hydrogen-bond donors (Lipinski definition) is 0. The molecule has 7 heterocycles. The van der Waals surface area contributed by atoms with E-state index in [-0.39, 0.29) is 0 Å². The Kier molecular flexibility index (Phi) is 7.51. The molecule has 0 radical (unpaired) electrons. The largest absolute Gasteiger partial charge is 0.308 e. The van der Waals surface area contributed by atoms with Crippen molar-refractivity contribution in [2.75, 3.05) is 4.90 Å². The van der Waals surface area contributed by atoms with Crippen molar-refractivity contribution in [2.24, 2.45) is 0 Å². The Morgan fingerprint density at radius 3 is 1.83 bits per heavy atom. The van der Waals surface area contributed by atoms with Crippen LogP contribution >= 0.6 is 23.5 Å². The Hall–Kier alpha value is -6.87. The predicted molar refractivity (Wildman–Crippen MR) is 232 cm³/mol. The summed E-state index contributed by atoms with van der Waals surface area (Å²) in [5.41, 5.74) is 15.0. The van der Waals surface area contributed by atoms with Crippen LogP contribution in [0.15, 0.2) is 202 Å². The number of pyridine rings is 5. The van der Waals surface area contributed by atoms with Crippen molar-refractivity contribution < 1.29 is 0 Å². The topological polar surface area (TPSA) is 67.7 Å². The summed E-state index contributed by atoms with van der Waals surface area (Å²) in [4.78, 5) is 31.7. The van der Waals surface area contributed by atoms with E-state index in [2.05, 4.69) is 142 Å². The van der Waals surface area contributed by atoms with Gasteiger partial charge < -0.3 is 4.90 Å². The Labute approximate surface area is 343 Å². The molecule has 58 heavy (non-hydrogen) atoms. The van der Waals surface area contributed by atoms with Crippen molar-refractivity contribution in [1.82, 2.24) is 24.9 Å². The molecule has 3 aliphatic rings. The lowest BCUT2D eigenvalue weighted by atomic mass is 9.67. The van der Waals surface area contributed by atoms with E-state index in [1.165, 1.54) is 42.1 Å². The number of hydrogen-bond acceptors (Lipinski definition) is 8. The highest BCUT2D eigenvalue weighted by molar-refractivity contribution is 8.02. The minimum absolute atomic E-state index is 0.631. The van der Waals surface area contributed by atoms with Gasteiger partial charge in [0, 0.05) is 68.0 Å². The van der Waals surface area contributed by atoms with E-state index in [4.69, 9.17) is 15.0 Å². The monoisotopic (exact) mass is 778 g/mol. The van der Waals surface area contributed by atoms with Crippen molar-refractivity contribution in [3.63, 3.8) is 0 Å². The number of para-hydroxylation sites is 2. The first-order chi connectivity index (χ1) is 28.8. The molecule has 0 saturated heterocycles. The van der Waals surface area contributed by atoms with Gasteiger partial charge in [-0.15, -0.1) is 0 Å². The minimum Gasteiger partial charge on any atom is -0.308 e. The molecule has 0 N–H and O–H groups in total. The molecule has 2 aliphatic heterocycles. The van der Waals surface area contributed by atoms with Gasteiger partial charge in [-0.2, -0.15) is 0 Å². The van der Waals surface area contributed by atoms with E-state index in [0.29, 0.717) is 0 Å². The van der Waals surface area contributed by atoms with Crippen LogP contribution in [-0.4, -0.2) is 24.9 Å². The van der Waals surface area contributed by atoms with Gasteiger partial charge in [-0.05, 0) is 107 Å². The Balaban J connectivity index is 1.09. The molecule has 1 spiro atoms. The van der Waals surface area contributed by atoms with Crippen LogP contribution in [0.1, 0.15) is 22.3 Å². The maximum atomic E-state index is 5.56. The van der Waals surface area contributed by atoms with Crippen LogP contribution in [0.3, 0.4) is 0 Å². The van der Waals surface area contributed by atoms with Crippen LogP contribution in [0.5, 0.6) is 0 Å². The summed E-state index contributed by atoms with van der Waals surface area (Å²) in [6, 6.07) is 54.1. The van der Waals surface area contributed by atoms with Gasteiger partial charge in [0.05, 0.1) is 50.2 Å². The van der Waals surface area contributed by atoms with Crippen molar-refractivity contribution in [2.45, 2.75) is 25.0 Å². The van der Waals surface area contributed by atoms with E-state index in [1.807, 2.05) is 54.0 Å². The highest BCUT2D eigenvalue weighted by Crippen LogP contribution is 2.65. The molecule has 1 unspecified atom stereocenters. The van der Waals surface area contributed by atoms with Crippen LogP contribution in [0.4, 0.5) is 17.1 Å². The second-order valence-corrected chi connectivity index (χ2v) is 16.6. The fourth-order valence-electron chi connectivity index (χ4n) is 8.91. The molecular weight excluding hydrogens is 749 g/mol. The van der Waals surface area contributed by atoms with Crippen molar-refractivity contribution in [3.05, 3.63) is 205 Å². The van der Waals surface area contributed by atoms with Gasteiger partial charge in [0.15, 0.2) is 0 Å². The zero-order chi connectivity index (χ0) is 38.2. The molecule has 1 aliphatic carbocycles. The lowest BCUT2D eigenvalue weighted by molar-refractivity contribution is 0.711. The molecule has 12 rings (SSSR count). The maximum Gasteiger partial charge on any atom is 0.0945 e. The zero-order valence-corrected chi connectivity index (χ0v) is 32.5. The van der Waals surface area contributed by atoms with Crippen molar-refractivity contribution in [1.29, 1.82) is 0 Å². The van der Waals surface area contributed by atoms with E-state index >= 15 is 0 Å². The Morgan fingerprint density at radius 2 is 1.05 bits per heavy atom. The minimum atomic E-state index is -0.631. The van der Waals surface area contributed by atoms with E-state index in [1.54, 1.807) is 24.8 Å². The van der Waals surface area contributed by atoms with Crippen LogP contribution in [0.25, 0.3) is 45.2 Å². The molecule has 0 saturated carbocycles. The maximum absolute atomic E-state index is 5.56. The summed E-state index contributed by atoms with van der Waals surface area (Å²) < 4.78 is 0. The van der Waals surface area contributed by atoms with Gasteiger partial charge >= 0.3 is 0 Å². The number of anilines is 3. The average Bonchev–Trinajstić information content (AvgIpc) is 3.59. The van der Waals surface area contributed by atoms with Gasteiger partial charge in [-0.25, -0.2) is 9.97 Å². The third-order valence-electron chi connectivity index (χ3n) is 11.4.